The van der Waals surface area contributed by atoms with Crippen LogP contribution in [0.15, 0.2) is 78.9 Å². The van der Waals surface area contributed by atoms with Crippen molar-refractivity contribution in [3.8, 4) is 0 Å². The highest BCUT2D eigenvalue weighted by Crippen LogP contribution is 2.17. The maximum atomic E-state index is 12.9. The number of amides is 2. The zero-order valence-corrected chi connectivity index (χ0v) is 17.8. The predicted molar refractivity (Wildman–Crippen MR) is 123 cm³/mol. The van der Waals surface area contributed by atoms with Crippen molar-refractivity contribution in [1.82, 2.24) is 10.2 Å². The molecular formula is C26H27N3O2. The molecule has 0 spiro atoms. The molecule has 1 N–H and O–H groups in total. The molecule has 0 radical (unpaired) electrons. The summed E-state index contributed by atoms with van der Waals surface area (Å²) in [6, 6.07) is 25.3. The topological polar surface area (TPSA) is 52.7 Å². The van der Waals surface area contributed by atoms with E-state index in [1.165, 1.54) is 11.3 Å². The highest BCUT2D eigenvalue weighted by molar-refractivity contribution is 5.97. The molecule has 1 heterocycles. The number of para-hydroxylation sites is 1. The van der Waals surface area contributed by atoms with Crippen LogP contribution in [-0.4, -0.2) is 42.9 Å². The van der Waals surface area contributed by atoms with E-state index in [1.807, 2.05) is 54.3 Å². The monoisotopic (exact) mass is 413 g/mol. The van der Waals surface area contributed by atoms with E-state index < -0.39 is 0 Å². The molecule has 0 saturated carbocycles. The molecule has 4 rings (SSSR count). The van der Waals surface area contributed by atoms with Crippen LogP contribution >= 0.6 is 0 Å². The maximum Gasteiger partial charge on any atom is 0.253 e. The lowest BCUT2D eigenvalue weighted by Crippen LogP contribution is -2.48. The van der Waals surface area contributed by atoms with Gasteiger partial charge in [0.05, 0.1) is 0 Å². The number of piperazine rings is 1. The third-order valence-electron chi connectivity index (χ3n) is 5.66. The van der Waals surface area contributed by atoms with Crippen LogP contribution in [0.2, 0.25) is 0 Å². The van der Waals surface area contributed by atoms with E-state index in [9.17, 15) is 9.59 Å². The lowest BCUT2D eigenvalue weighted by molar-refractivity contribution is 0.0746. The van der Waals surface area contributed by atoms with Crippen molar-refractivity contribution in [1.29, 1.82) is 0 Å². The summed E-state index contributed by atoms with van der Waals surface area (Å²) in [6.45, 7) is 5.52. The van der Waals surface area contributed by atoms with Crippen LogP contribution in [-0.2, 0) is 6.54 Å². The number of hydrogen-bond donors (Lipinski definition) is 1. The average molecular weight is 414 g/mol. The number of aryl methyl sites for hydroxylation is 1. The molecule has 0 aromatic heterocycles. The Labute approximate surface area is 183 Å². The van der Waals surface area contributed by atoms with Gasteiger partial charge in [0.2, 0.25) is 0 Å². The number of nitrogens with one attached hydrogen (secondary N) is 1. The fraction of sp³-hybridized carbons (Fsp3) is 0.231. The number of nitrogens with zero attached hydrogens (tertiary/aromatic N) is 2. The summed E-state index contributed by atoms with van der Waals surface area (Å²) in [7, 11) is 0. The molecule has 0 aliphatic carbocycles. The predicted octanol–water partition coefficient (Wildman–Crippen LogP) is 3.89. The smallest absolute Gasteiger partial charge is 0.253 e. The van der Waals surface area contributed by atoms with Crippen molar-refractivity contribution >= 4 is 17.5 Å². The minimum atomic E-state index is -0.143. The van der Waals surface area contributed by atoms with Crippen LogP contribution in [0, 0.1) is 6.92 Å². The first-order valence-electron chi connectivity index (χ1n) is 10.6. The second-order valence-corrected chi connectivity index (χ2v) is 7.86. The Morgan fingerprint density at radius 3 is 2.03 bits per heavy atom. The van der Waals surface area contributed by atoms with E-state index in [1.54, 1.807) is 24.3 Å². The van der Waals surface area contributed by atoms with Crippen molar-refractivity contribution < 1.29 is 9.59 Å². The van der Waals surface area contributed by atoms with Gasteiger partial charge in [0.25, 0.3) is 11.8 Å². The quantitative estimate of drug-likeness (QED) is 0.691. The van der Waals surface area contributed by atoms with Gasteiger partial charge in [-0.3, -0.25) is 9.59 Å². The molecule has 5 heteroatoms. The van der Waals surface area contributed by atoms with Gasteiger partial charge in [-0.05, 0) is 48.9 Å². The molecule has 31 heavy (non-hydrogen) atoms. The second kappa shape index (κ2) is 9.47. The van der Waals surface area contributed by atoms with E-state index in [0.29, 0.717) is 30.8 Å². The summed E-state index contributed by atoms with van der Waals surface area (Å²) in [5.41, 5.74) is 4.61. The summed E-state index contributed by atoms with van der Waals surface area (Å²) in [5.74, 6) is -0.129. The van der Waals surface area contributed by atoms with Crippen molar-refractivity contribution in [2.45, 2.75) is 13.5 Å². The van der Waals surface area contributed by atoms with Crippen molar-refractivity contribution in [2.75, 3.05) is 31.1 Å². The van der Waals surface area contributed by atoms with E-state index in [4.69, 9.17) is 0 Å². The lowest BCUT2D eigenvalue weighted by Gasteiger charge is -2.36. The van der Waals surface area contributed by atoms with E-state index >= 15 is 0 Å². The fourth-order valence-corrected chi connectivity index (χ4v) is 3.74. The van der Waals surface area contributed by atoms with Gasteiger partial charge in [-0.2, -0.15) is 0 Å². The Balaban J connectivity index is 1.31. The average Bonchev–Trinajstić information content (AvgIpc) is 2.84. The van der Waals surface area contributed by atoms with Crippen LogP contribution in [0.25, 0.3) is 0 Å². The summed E-state index contributed by atoms with van der Waals surface area (Å²) in [4.78, 5) is 29.5. The van der Waals surface area contributed by atoms with Gasteiger partial charge in [-0.1, -0.05) is 48.0 Å². The van der Waals surface area contributed by atoms with Gasteiger partial charge in [0.1, 0.15) is 0 Å². The van der Waals surface area contributed by atoms with E-state index in [-0.39, 0.29) is 11.8 Å². The summed E-state index contributed by atoms with van der Waals surface area (Å²) in [5, 5.41) is 2.93. The Morgan fingerprint density at radius 2 is 1.39 bits per heavy atom. The minimum absolute atomic E-state index is 0.0133. The van der Waals surface area contributed by atoms with Gasteiger partial charge in [0.15, 0.2) is 0 Å². The van der Waals surface area contributed by atoms with Gasteiger partial charge in [0, 0.05) is 49.5 Å². The molecular weight excluding hydrogens is 386 g/mol. The molecule has 1 aliphatic rings. The van der Waals surface area contributed by atoms with Gasteiger partial charge < -0.3 is 15.1 Å². The summed E-state index contributed by atoms with van der Waals surface area (Å²) in [6.07, 6.45) is 0. The van der Waals surface area contributed by atoms with Crippen molar-refractivity contribution in [3.63, 3.8) is 0 Å². The lowest BCUT2D eigenvalue weighted by atomic mass is 10.1. The van der Waals surface area contributed by atoms with Crippen LogP contribution in [0.1, 0.15) is 31.8 Å². The minimum Gasteiger partial charge on any atom is -0.368 e. The van der Waals surface area contributed by atoms with Crippen LogP contribution in [0.5, 0.6) is 0 Å². The van der Waals surface area contributed by atoms with Crippen molar-refractivity contribution in [2.24, 2.45) is 0 Å². The van der Waals surface area contributed by atoms with E-state index in [2.05, 4.69) is 22.3 Å². The molecule has 1 aliphatic heterocycles. The first-order chi connectivity index (χ1) is 15.1. The normalized spacial score (nSPS) is 13.7. The molecule has 3 aromatic carbocycles. The molecule has 5 nitrogen and oxygen atoms in total. The summed E-state index contributed by atoms with van der Waals surface area (Å²) >= 11 is 0. The number of rotatable bonds is 5. The molecule has 158 valence electrons. The molecule has 0 atom stereocenters. The second-order valence-electron chi connectivity index (χ2n) is 7.86. The molecule has 3 aromatic rings. The van der Waals surface area contributed by atoms with Gasteiger partial charge in [-0.15, -0.1) is 0 Å². The number of hydrogen-bond acceptors (Lipinski definition) is 3. The highest BCUT2D eigenvalue weighted by Gasteiger charge is 2.22. The van der Waals surface area contributed by atoms with Crippen molar-refractivity contribution in [3.05, 3.63) is 101 Å². The van der Waals surface area contributed by atoms with E-state index in [0.717, 1.165) is 18.7 Å². The largest absolute Gasteiger partial charge is 0.368 e. The Morgan fingerprint density at radius 1 is 0.774 bits per heavy atom. The number of benzene rings is 3. The van der Waals surface area contributed by atoms with Gasteiger partial charge in [-0.25, -0.2) is 0 Å². The standard InChI is InChI=1S/C26H27N3O2/c1-20-7-9-21(10-8-20)19-27-25(30)22-11-13-23(14-12-22)26(31)29-17-15-28(16-18-29)24-5-3-2-4-6-24/h2-14H,15-19H2,1H3,(H,27,30). The molecule has 2 amide bonds. The molecule has 0 bridgehead atoms. The zero-order valence-electron chi connectivity index (χ0n) is 17.8. The third kappa shape index (κ3) is 5.12. The maximum absolute atomic E-state index is 12.9. The first kappa shape index (κ1) is 20.7. The van der Waals surface area contributed by atoms with Crippen LogP contribution in [0.3, 0.4) is 0 Å². The fourth-order valence-electron chi connectivity index (χ4n) is 3.74. The third-order valence-corrected chi connectivity index (χ3v) is 5.66. The highest BCUT2D eigenvalue weighted by atomic mass is 16.2. The summed E-state index contributed by atoms with van der Waals surface area (Å²) < 4.78 is 0. The Bertz CT molecular complexity index is 1020. The zero-order chi connectivity index (χ0) is 21.6. The number of anilines is 1. The number of carbonyl (C=O) groups excluding carboxylic acids is 2. The number of carbonyl (C=O) groups is 2. The van der Waals surface area contributed by atoms with Crippen LogP contribution < -0.4 is 10.2 Å². The Hall–Kier alpha value is -3.60. The molecule has 0 unspecified atom stereocenters. The van der Waals surface area contributed by atoms with Crippen LogP contribution in [0.4, 0.5) is 5.69 Å². The SMILES string of the molecule is Cc1ccc(CNC(=O)c2ccc(C(=O)N3CCN(c4ccccc4)CC3)cc2)cc1. The molecule has 1 fully saturated rings. The molecule has 1 saturated heterocycles. The van der Waals surface area contributed by atoms with Gasteiger partial charge >= 0.3 is 0 Å². The Kier molecular flexibility index (Phi) is 6.32. The first-order valence-corrected chi connectivity index (χ1v) is 10.6.